The van der Waals surface area contributed by atoms with Crippen molar-refractivity contribution >= 4 is 5.91 Å². The Morgan fingerprint density at radius 3 is 2.95 bits per heavy atom. The number of nitrogens with zero attached hydrogens (tertiary/aromatic N) is 1. The quantitative estimate of drug-likeness (QED) is 0.778. The van der Waals surface area contributed by atoms with Crippen molar-refractivity contribution in [2.75, 3.05) is 7.11 Å². The summed E-state index contributed by atoms with van der Waals surface area (Å²) in [6.45, 7) is 0. The molecule has 1 aromatic carbocycles. The van der Waals surface area contributed by atoms with E-state index in [1.165, 1.54) is 0 Å². The van der Waals surface area contributed by atoms with Gasteiger partial charge >= 0.3 is 0 Å². The molecule has 6 heteroatoms. The normalized spacial score (nSPS) is 16.4. The van der Waals surface area contributed by atoms with Crippen molar-refractivity contribution in [3.63, 3.8) is 0 Å². The number of rotatable bonds is 3. The minimum atomic E-state index is -0.281. The minimum absolute atomic E-state index is 0.197. The summed E-state index contributed by atoms with van der Waals surface area (Å²) in [5.74, 6) is 1.19. The van der Waals surface area contributed by atoms with Crippen molar-refractivity contribution in [1.82, 2.24) is 15.5 Å². The zero-order valence-electron chi connectivity index (χ0n) is 11.8. The monoisotopic (exact) mass is 295 g/mol. The van der Waals surface area contributed by atoms with Crippen LogP contribution in [0.1, 0.15) is 27.7 Å². The smallest absolute Gasteiger partial charge is 0.272 e. The molecular formula is C16H13N3O3. The lowest BCUT2D eigenvalue weighted by atomic mass is 9.99. The number of aromatic amines is 1. The zero-order valence-corrected chi connectivity index (χ0v) is 11.8. The van der Waals surface area contributed by atoms with E-state index in [-0.39, 0.29) is 11.9 Å². The van der Waals surface area contributed by atoms with Crippen molar-refractivity contribution in [3.05, 3.63) is 59.5 Å². The number of hydrogen-bond acceptors (Lipinski definition) is 4. The Morgan fingerprint density at radius 2 is 2.18 bits per heavy atom. The van der Waals surface area contributed by atoms with Gasteiger partial charge in [-0.25, -0.2) is 0 Å². The van der Waals surface area contributed by atoms with Crippen LogP contribution >= 0.6 is 0 Å². The first-order chi connectivity index (χ1) is 10.8. The molecule has 1 amide bonds. The van der Waals surface area contributed by atoms with Crippen LogP contribution in [0.25, 0.3) is 11.5 Å². The molecule has 0 fully saturated rings. The largest absolute Gasteiger partial charge is 0.497 e. The van der Waals surface area contributed by atoms with Gasteiger partial charge in [0, 0.05) is 5.56 Å². The van der Waals surface area contributed by atoms with E-state index in [1.807, 2.05) is 30.3 Å². The molecule has 1 atom stereocenters. The molecule has 0 aliphatic carbocycles. The van der Waals surface area contributed by atoms with Gasteiger partial charge in [-0.3, -0.25) is 9.89 Å². The first kappa shape index (κ1) is 12.7. The standard InChI is InChI=1S/C16H13N3O3/c1-21-10-5-2-4-9(8-10)13-12-14(11-6-3-7-22-11)18-19-15(12)16(20)17-13/h2-8,13H,1H3,(H,17,20)(H,18,19). The molecule has 6 nitrogen and oxygen atoms in total. The van der Waals surface area contributed by atoms with Crippen LogP contribution in [0.15, 0.2) is 47.1 Å². The molecule has 0 radical (unpaired) electrons. The molecule has 1 unspecified atom stereocenters. The van der Waals surface area contributed by atoms with Gasteiger partial charge < -0.3 is 14.5 Å². The lowest BCUT2D eigenvalue weighted by molar-refractivity contribution is 0.0955. The number of benzene rings is 1. The molecule has 2 N–H and O–H groups in total. The van der Waals surface area contributed by atoms with E-state index in [2.05, 4.69) is 15.5 Å². The van der Waals surface area contributed by atoms with Crippen LogP contribution in [0.3, 0.4) is 0 Å². The molecule has 3 aromatic rings. The van der Waals surface area contributed by atoms with E-state index < -0.39 is 0 Å². The Kier molecular flexibility index (Phi) is 2.75. The van der Waals surface area contributed by atoms with E-state index in [0.29, 0.717) is 17.1 Å². The summed E-state index contributed by atoms with van der Waals surface area (Å²) >= 11 is 0. The van der Waals surface area contributed by atoms with Crippen LogP contribution in [0, 0.1) is 0 Å². The van der Waals surface area contributed by atoms with E-state index >= 15 is 0 Å². The number of nitrogens with one attached hydrogen (secondary N) is 2. The van der Waals surface area contributed by atoms with Crippen LogP contribution in [0.2, 0.25) is 0 Å². The van der Waals surface area contributed by atoms with Crippen molar-refractivity contribution in [3.8, 4) is 17.2 Å². The average Bonchev–Trinajstić information content (AvgIpc) is 3.25. The highest BCUT2D eigenvalue weighted by atomic mass is 16.5. The van der Waals surface area contributed by atoms with Crippen molar-refractivity contribution in [1.29, 1.82) is 0 Å². The zero-order chi connectivity index (χ0) is 15.1. The number of furan rings is 1. The van der Waals surface area contributed by atoms with Gasteiger partial charge in [0.25, 0.3) is 5.91 Å². The average molecular weight is 295 g/mol. The van der Waals surface area contributed by atoms with Crippen LogP contribution < -0.4 is 10.1 Å². The number of fused-ring (bicyclic) bond motifs is 1. The molecule has 1 aliphatic rings. The van der Waals surface area contributed by atoms with Crippen LogP contribution in [-0.2, 0) is 0 Å². The van der Waals surface area contributed by atoms with Gasteiger partial charge in [-0.1, -0.05) is 12.1 Å². The summed E-state index contributed by atoms with van der Waals surface area (Å²) in [5.41, 5.74) is 2.85. The first-order valence-corrected chi connectivity index (χ1v) is 6.85. The predicted molar refractivity (Wildman–Crippen MR) is 78.6 cm³/mol. The fourth-order valence-electron chi connectivity index (χ4n) is 2.76. The van der Waals surface area contributed by atoms with E-state index in [0.717, 1.165) is 16.9 Å². The summed E-state index contributed by atoms with van der Waals surface area (Å²) in [7, 11) is 1.61. The van der Waals surface area contributed by atoms with Crippen molar-refractivity contribution in [2.45, 2.75) is 6.04 Å². The number of carbonyl (C=O) groups excluding carboxylic acids is 1. The van der Waals surface area contributed by atoms with Gasteiger partial charge in [-0.15, -0.1) is 0 Å². The molecule has 0 spiro atoms. The molecule has 110 valence electrons. The number of methoxy groups -OCH3 is 1. The Hall–Kier alpha value is -3.02. The fraction of sp³-hybridized carbons (Fsp3) is 0.125. The summed E-state index contributed by atoms with van der Waals surface area (Å²) < 4.78 is 10.7. The van der Waals surface area contributed by atoms with Gasteiger partial charge in [0.15, 0.2) is 11.5 Å². The number of carbonyl (C=O) groups is 1. The Bertz CT molecular complexity index is 836. The molecular weight excluding hydrogens is 282 g/mol. The summed E-state index contributed by atoms with van der Waals surface area (Å²) in [6, 6.07) is 11.0. The molecule has 4 rings (SSSR count). The third-order valence-corrected chi connectivity index (χ3v) is 3.78. The third-order valence-electron chi connectivity index (χ3n) is 3.78. The highest BCUT2D eigenvalue weighted by Gasteiger charge is 2.36. The topological polar surface area (TPSA) is 80.1 Å². The van der Waals surface area contributed by atoms with E-state index in [4.69, 9.17) is 9.15 Å². The number of amides is 1. The molecule has 0 saturated carbocycles. The molecule has 2 aromatic heterocycles. The number of H-pyrrole nitrogens is 1. The number of aromatic nitrogens is 2. The summed E-state index contributed by atoms with van der Waals surface area (Å²) in [4.78, 5) is 12.1. The molecule has 1 aliphatic heterocycles. The van der Waals surface area contributed by atoms with Gasteiger partial charge in [-0.05, 0) is 29.8 Å². The Labute approximate surface area is 126 Å². The van der Waals surface area contributed by atoms with Gasteiger partial charge in [-0.2, -0.15) is 5.10 Å². The van der Waals surface area contributed by atoms with E-state index in [9.17, 15) is 4.79 Å². The van der Waals surface area contributed by atoms with Gasteiger partial charge in [0.05, 0.1) is 19.4 Å². The van der Waals surface area contributed by atoms with Crippen molar-refractivity contribution < 1.29 is 13.9 Å². The highest BCUT2D eigenvalue weighted by molar-refractivity contribution is 5.99. The Morgan fingerprint density at radius 1 is 1.27 bits per heavy atom. The Balaban J connectivity index is 1.85. The molecule has 22 heavy (non-hydrogen) atoms. The maximum atomic E-state index is 12.1. The fourth-order valence-corrected chi connectivity index (χ4v) is 2.76. The SMILES string of the molecule is COc1cccc(C2NC(=O)c3n[nH]c(-c4ccco4)c32)c1. The summed E-state index contributed by atoms with van der Waals surface area (Å²) in [6.07, 6.45) is 1.59. The highest BCUT2D eigenvalue weighted by Crippen LogP contribution is 2.37. The molecule has 0 saturated heterocycles. The van der Waals surface area contributed by atoms with E-state index in [1.54, 1.807) is 19.4 Å². The van der Waals surface area contributed by atoms with Crippen LogP contribution in [-0.4, -0.2) is 23.2 Å². The predicted octanol–water partition coefficient (Wildman–Crippen LogP) is 2.51. The minimum Gasteiger partial charge on any atom is -0.497 e. The first-order valence-electron chi connectivity index (χ1n) is 6.85. The second-order valence-corrected chi connectivity index (χ2v) is 5.02. The van der Waals surface area contributed by atoms with Gasteiger partial charge in [0.2, 0.25) is 0 Å². The second kappa shape index (κ2) is 4.77. The summed E-state index contributed by atoms with van der Waals surface area (Å²) in [5, 5.41) is 9.98. The lowest BCUT2D eigenvalue weighted by Crippen LogP contribution is -2.21. The third kappa shape index (κ3) is 1.81. The number of ether oxygens (including phenoxy) is 1. The lowest BCUT2D eigenvalue weighted by Gasteiger charge is -2.13. The van der Waals surface area contributed by atoms with Crippen molar-refractivity contribution in [2.24, 2.45) is 0 Å². The molecule has 0 bridgehead atoms. The second-order valence-electron chi connectivity index (χ2n) is 5.02. The van der Waals surface area contributed by atoms with Crippen LogP contribution in [0.4, 0.5) is 0 Å². The number of hydrogen-bond donors (Lipinski definition) is 2. The van der Waals surface area contributed by atoms with Crippen LogP contribution in [0.5, 0.6) is 5.75 Å². The van der Waals surface area contributed by atoms with Gasteiger partial charge in [0.1, 0.15) is 11.4 Å². The molecule has 3 heterocycles. The maximum Gasteiger partial charge on any atom is 0.272 e. The maximum absolute atomic E-state index is 12.1.